The van der Waals surface area contributed by atoms with Gasteiger partial charge in [0.1, 0.15) is 17.9 Å². The van der Waals surface area contributed by atoms with Crippen molar-refractivity contribution in [3.05, 3.63) is 42.5 Å². The van der Waals surface area contributed by atoms with Crippen LogP contribution in [-0.2, 0) is 30.5 Å². The Morgan fingerprint density at radius 3 is 2.39 bits per heavy atom. The molecule has 0 spiro atoms. The zero-order valence-corrected chi connectivity index (χ0v) is 38.1. The van der Waals surface area contributed by atoms with Crippen LogP contribution in [-0.4, -0.2) is 100 Å². The summed E-state index contributed by atoms with van der Waals surface area (Å²) in [7, 11) is 0. The number of aliphatic hydroxyl groups is 1. The molecule has 0 radical (unpaired) electrons. The molecule has 7 N–H and O–H groups in total. The number of piperidine rings is 1. The fourth-order valence-electron chi connectivity index (χ4n) is 12.0. The summed E-state index contributed by atoms with van der Waals surface area (Å²) in [6, 6.07) is 7.38. The van der Waals surface area contributed by atoms with Crippen molar-refractivity contribution in [2.45, 2.75) is 160 Å². The number of amides is 4. The van der Waals surface area contributed by atoms with E-state index < -0.39 is 35.1 Å². The van der Waals surface area contributed by atoms with Gasteiger partial charge in [-0.2, -0.15) is 0 Å². The number of esters is 1. The minimum atomic E-state index is -0.781. The number of ether oxygens (including phenoxy) is 1. The molecule has 3 aliphatic carbocycles. The number of primary amides is 1. The van der Waals surface area contributed by atoms with E-state index in [1.807, 2.05) is 51.1 Å². The highest BCUT2D eigenvalue weighted by molar-refractivity contribution is 8.00. The van der Waals surface area contributed by atoms with Crippen LogP contribution in [0.2, 0.25) is 0 Å². The number of nitrogens with zero attached hydrogens (tertiary/aromatic N) is 1. The van der Waals surface area contributed by atoms with Crippen LogP contribution in [0.25, 0.3) is 0 Å². The van der Waals surface area contributed by atoms with E-state index in [1.165, 1.54) is 0 Å². The molecule has 61 heavy (non-hydrogen) atoms. The highest BCUT2D eigenvalue weighted by Crippen LogP contribution is 2.68. The third-order valence-electron chi connectivity index (χ3n) is 15.7. The smallest absolute Gasteiger partial charge is 0.316 e. The Morgan fingerprint density at radius 1 is 1.07 bits per heavy atom. The van der Waals surface area contributed by atoms with Crippen molar-refractivity contribution in [3.8, 4) is 0 Å². The number of urea groups is 1. The van der Waals surface area contributed by atoms with E-state index in [2.05, 4.69) is 53.5 Å². The van der Waals surface area contributed by atoms with E-state index in [9.17, 15) is 29.1 Å². The third kappa shape index (κ3) is 10.2. The average molecular weight is 865 g/mol. The number of Topliss-reactive ketones (excluding diaryl/α,β-unsaturated/α-hetero) is 1. The second-order valence-electron chi connectivity index (χ2n) is 19.8. The third-order valence-corrected chi connectivity index (χ3v) is 17.0. The highest BCUT2D eigenvalue weighted by Gasteiger charge is 2.68. The van der Waals surface area contributed by atoms with Gasteiger partial charge < -0.3 is 36.8 Å². The number of benzene rings is 1. The van der Waals surface area contributed by atoms with Crippen LogP contribution in [0.5, 0.6) is 0 Å². The first kappa shape index (κ1) is 47.0. The number of hydrogen-bond donors (Lipinski definition) is 6. The van der Waals surface area contributed by atoms with E-state index in [-0.39, 0.29) is 65.1 Å². The summed E-state index contributed by atoms with van der Waals surface area (Å²) in [6.07, 6.45) is 9.29. The quantitative estimate of drug-likeness (QED) is 0.0644. The Kier molecular flexibility index (Phi) is 15.0. The Hall–Kier alpha value is -3.46. The Labute approximate surface area is 367 Å². The van der Waals surface area contributed by atoms with Crippen LogP contribution in [0.15, 0.2) is 36.9 Å². The molecule has 14 heteroatoms. The van der Waals surface area contributed by atoms with Crippen molar-refractivity contribution in [3.63, 3.8) is 0 Å². The maximum atomic E-state index is 13.9. The van der Waals surface area contributed by atoms with Gasteiger partial charge in [-0.3, -0.25) is 24.1 Å². The molecule has 338 valence electrons. The first-order chi connectivity index (χ1) is 28.9. The number of anilines is 1. The number of hydrogen-bond acceptors (Lipinski definition) is 10. The number of rotatable bonds is 17. The molecule has 13 nitrogen and oxygen atoms in total. The Morgan fingerprint density at radius 2 is 1.75 bits per heavy atom. The molecule has 11 atom stereocenters. The summed E-state index contributed by atoms with van der Waals surface area (Å²) >= 11 is 1.70. The molecule has 2 heterocycles. The second-order valence-corrected chi connectivity index (χ2v) is 21.1. The van der Waals surface area contributed by atoms with Crippen molar-refractivity contribution in [2.24, 2.45) is 39.7 Å². The van der Waals surface area contributed by atoms with Gasteiger partial charge in [-0.1, -0.05) is 59.8 Å². The maximum absolute atomic E-state index is 13.9. The van der Waals surface area contributed by atoms with Crippen molar-refractivity contribution < 1.29 is 33.8 Å². The fraction of sp³-hybridized carbons (Fsp3) is 0.723. The van der Waals surface area contributed by atoms with E-state index in [4.69, 9.17) is 10.5 Å². The van der Waals surface area contributed by atoms with E-state index in [0.717, 1.165) is 57.1 Å². The number of aliphatic hydroxyl groups excluding tert-OH is 1. The molecule has 2 aliphatic heterocycles. The minimum Gasteiger partial charge on any atom is -0.461 e. The van der Waals surface area contributed by atoms with Gasteiger partial charge in [0.2, 0.25) is 11.8 Å². The molecule has 4 bridgehead atoms. The van der Waals surface area contributed by atoms with Gasteiger partial charge in [0.25, 0.3) is 0 Å². The van der Waals surface area contributed by atoms with Crippen molar-refractivity contribution in [1.82, 2.24) is 20.9 Å². The summed E-state index contributed by atoms with van der Waals surface area (Å²) in [6.45, 7) is 17.8. The monoisotopic (exact) mass is 865 g/mol. The summed E-state index contributed by atoms with van der Waals surface area (Å²) in [5.41, 5.74) is 5.49. The minimum absolute atomic E-state index is 0.0622. The van der Waals surface area contributed by atoms with Crippen LogP contribution in [0, 0.1) is 34.0 Å². The number of nitrogens with two attached hydrogens (primary N) is 1. The molecule has 1 aromatic carbocycles. The van der Waals surface area contributed by atoms with Gasteiger partial charge in [0.15, 0.2) is 0 Å². The normalized spacial score (nSPS) is 35.0. The Balaban J connectivity index is 1.03. The average Bonchev–Trinajstić information content (AvgIpc) is 3.68. The summed E-state index contributed by atoms with van der Waals surface area (Å²) in [5, 5.41) is 23.6. The molecule has 5 aliphatic rings. The first-order valence-corrected chi connectivity index (χ1v) is 23.8. The second kappa shape index (κ2) is 19.5. The first-order valence-electron chi connectivity index (χ1n) is 22.8. The van der Waals surface area contributed by atoms with Gasteiger partial charge in [0, 0.05) is 65.3 Å². The van der Waals surface area contributed by atoms with Gasteiger partial charge in [-0.25, -0.2) is 4.79 Å². The van der Waals surface area contributed by atoms with E-state index >= 15 is 0 Å². The largest absolute Gasteiger partial charge is 0.461 e. The fourth-order valence-corrected chi connectivity index (χ4v) is 13.1. The number of carbonyl (C=O) groups is 5. The number of carbonyl (C=O) groups excluding carboxylic acids is 5. The molecular weight excluding hydrogens is 793 g/mol. The molecule has 2 unspecified atom stereocenters. The predicted octanol–water partition coefficient (Wildman–Crippen LogP) is 5.69. The van der Waals surface area contributed by atoms with E-state index in [1.54, 1.807) is 11.8 Å². The van der Waals surface area contributed by atoms with Crippen LogP contribution in [0.4, 0.5) is 10.5 Å². The van der Waals surface area contributed by atoms with Gasteiger partial charge >= 0.3 is 12.0 Å². The molecule has 4 amide bonds. The number of fused-ring (bicyclic) bond motifs is 2. The van der Waals surface area contributed by atoms with Crippen LogP contribution in [0.3, 0.4) is 0 Å². The molecule has 6 rings (SSSR count). The number of nitrogens with one attached hydrogen (secondary N) is 4. The standard InChI is InChI=1S/C47H72N6O7S/c1-8-45(6)24-38(46(7)29(4)17-19-47(30(5)42(45)57)20-18-37(54)41(46)47)60-40(56)27-61-35-22-33-15-16-34(23-35)53(33)26-31-11-13-32(14-12-31)51-43(58)36(10-9-21-49-44(48)59)52-39(55)25-50-28(2)3/h8,11-14,28-30,33-36,38,41-42,50,57H,1,9-10,15-27H2,2-7H3,(H,51,58)(H,52,55)(H3,48,49,59)/t29-,30+,33?,34?,35?,36+,38-,41+,42+,45-,46+,47+/m1/s1. The molecule has 2 saturated heterocycles. The lowest BCUT2D eigenvalue weighted by Crippen LogP contribution is -2.63. The lowest BCUT2D eigenvalue weighted by Gasteiger charge is -2.61. The molecular formula is C47H72N6O7S. The van der Waals surface area contributed by atoms with Gasteiger partial charge in [-0.15, -0.1) is 18.3 Å². The molecule has 1 aromatic rings. The SMILES string of the molecule is C=C[C@]1(C)C[C@@H](OC(=O)CSC2CC3CCC(C2)N3Cc2ccc(NC(=O)[C@H](CCCNC(N)=O)NC(=O)CNC(C)C)cc2)[C@]2(C)[C@H](C)CC[C@]3(CCC(=O)[C@H]32)[C@@H](C)[C@@H]1O. The molecule has 5 fully saturated rings. The highest BCUT2D eigenvalue weighted by atomic mass is 32.2. The zero-order valence-electron chi connectivity index (χ0n) is 37.3. The molecule has 3 saturated carbocycles. The predicted molar refractivity (Wildman–Crippen MR) is 239 cm³/mol. The zero-order chi connectivity index (χ0) is 44.3. The summed E-state index contributed by atoms with van der Waals surface area (Å²) < 4.78 is 6.54. The van der Waals surface area contributed by atoms with Crippen LogP contribution in [0.1, 0.15) is 118 Å². The van der Waals surface area contributed by atoms with Gasteiger partial charge in [-0.05, 0) is 99.2 Å². The lowest BCUT2D eigenvalue weighted by atomic mass is 9.44. The topological polar surface area (TPSA) is 192 Å². The molecule has 0 aromatic heterocycles. The van der Waals surface area contributed by atoms with Crippen LogP contribution >= 0.6 is 11.8 Å². The maximum Gasteiger partial charge on any atom is 0.316 e. The number of ketones is 1. The summed E-state index contributed by atoms with van der Waals surface area (Å²) in [4.78, 5) is 67.3. The van der Waals surface area contributed by atoms with Gasteiger partial charge in [0.05, 0.1) is 18.4 Å². The van der Waals surface area contributed by atoms with Crippen molar-refractivity contribution >= 4 is 47.0 Å². The lowest BCUT2D eigenvalue weighted by molar-refractivity contribution is -0.205. The van der Waals surface area contributed by atoms with Crippen molar-refractivity contribution in [2.75, 3.05) is 24.2 Å². The number of thioether (sulfide) groups is 1. The Bertz CT molecular complexity index is 1770. The van der Waals surface area contributed by atoms with Crippen molar-refractivity contribution in [1.29, 1.82) is 0 Å². The summed E-state index contributed by atoms with van der Waals surface area (Å²) in [5.74, 6) is -0.428. The van der Waals surface area contributed by atoms with E-state index in [0.29, 0.717) is 55.2 Å². The van der Waals surface area contributed by atoms with Crippen LogP contribution < -0.4 is 27.0 Å².